The summed E-state index contributed by atoms with van der Waals surface area (Å²) < 4.78 is 59.6. The normalized spacial score (nSPS) is 22.0. The molecule has 1 aliphatic carbocycles. The van der Waals surface area contributed by atoms with Crippen molar-refractivity contribution in [2.75, 3.05) is 26.3 Å². The Balaban J connectivity index is 1.48. The average Bonchev–Trinajstić information content (AvgIpc) is 3.25. The van der Waals surface area contributed by atoms with Crippen molar-refractivity contribution >= 4 is 16.0 Å². The van der Waals surface area contributed by atoms with Crippen LogP contribution in [0.4, 0.5) is 8.78 Å². The second-order valence-electron chi connectivity index (χ2n) is 9.02. The maximum absolute atomic E-state index is 13.2. The first-order valence-corrected chi connectivity index (χ1v) is 13.1. The van der Waals surface area contributed by atoms with E-state index < -0.39 is 28.0 Å². The van der Waals surface area contributed by atoms with E-state index in [9.17, 15) is 27.1 Å². The Morgan fingerprint density at radius 2 is 1.97 bits per heavy atom. The van der Waals surface area contributed by atoms with Gasteiger partial charge < -0.3 is 15.2 Å². The highest BCUT2D eigenvalue weighted by Gasteiger charge is 2.40. The molecule has 10 heteroatoms. The summed E-state index contributed by atoms with van der Waals surface area (Å²) in [6.45, 7) is 3.59. The summed E-state index contributed by atoms with van der Waals surface area (Å²) in [6, 6.07) is 4.21. The first kappa shape index (κ1) is 26.0. The number of hydrogen-bond donors (Lipinski definition) is 2. The molecule has 0 bridgehead atoms. The molecule has 0 spiro atoms. The summed E-state index contributed by atoms with van der Waals surface area (Å²) in [5, 5.41) is 12.7. The molecule has 7 nitrogen and oxygen atoms in total. The van der Waals surface area contributed by atoms with Gasteiger partial charge in [0.05, 0.1) is 11.5 Å². The molecular weight excluding hydrogens is 454 g/mol. The molecule has 1 heterocycles. The number of aryl methyl sites for hydroxylation is 2. The number of halogens is 2. The quantitative estimate of drug-likeness (QED) is 0.464. The van der Waals surface area contributed by atoms with Gasteiger partial charge in [-0.3, -0.25) is 4.79 Å². The van der Waals surface area contributed by atoms with Crippen LogP contribution in [0, 0.1) is 6.92 Å². The number of nitrogens with zero attached hydrogens (tertiary/aromatic N) is 1. The van der Waals surface area contributed by atoms with Gasteiger partial charge in [-0.2, -0.15) is 4.31 Å². The number of hydrogen-bond acceptors (Lipinski definition) is 5. The fraction of sp³-hybridized carbons (Fsp3) is 0.696. The van der Waals surface area contributed by atoms with E-state index in [0.29, 0.717) is 63.8 Å². The second-order valence-corrected chi connectivity index (χ2v) is 10.9. The van der Waals surface area contributed by atoms with Gasteiger partial charge in [0.2, 0.25) is 15.9 Å². The standard InChI is InChI=1S/C23H34F2N2O5S/c1-17-6-7-21(33(30,31)27-13-2-5-20(27)22(28)29)18(16-17)4-3-14-32-15-12-26-19-8-10-23(24,25)11-9-19/h6-7,16,19-20,26H,2-5,8-15H2,1H3,(H,28,29)/t20-/m0/s1. The topological polar surface area (TPSA) is 95.9 Å². The van der Waals surface area contributed by atoms with Crippen LogP contribution in [0.1, 0.15) is 56.1 Å². The molecule has 2 aliphatic rings. The largest absolute Gasteiger partial charge is 0.480 e. The zero-order valence-electron chi connectivity index (χ0n) is 19.1. The van der Waals surface area contributed by atoms with E-state index in [-0.39, 0.29) is 30.3 Å². The molecule has 2 fully saturated rings. The lowest BCUT2D eigenvalue weighted by atomic mass is 9.92. The van der Waals surface area contributed by atoms with Crippen LogP contribution < -0.4 is 5.32 Å². The molecular formula is C23H34F2N2O5S. The summed E-state index contributed by atoms with van der Waals surface area (Å²) in [6.07, 6.45) is 2.75. The number of sulfonamides is 1. The van der Waals surface area contributed by atoms with Crippen molar-refractivity contribution in [3.05, 3.63) is 29.3 Å². The fourth-order valence-electron chi connectivity index (χ4n) is 4.60. The van der Waals surface area contributed by atoms with E-state index in [2.05, 4.69) is 5.32 Å². The Morgan fingerprint density at radius 3 is 2.67 bits per heavy atom. The van der Waals surface area contributed by atoms with Gasteiger partial charge in [0.25, 0.3) is 0 Å². The molecule has 186 valence electrons. The number of benzene rings is 1. The molecule has 3 rings (SSSR count). The van der Waals surface area contributed by atoms with E-state index >= 15 is 0 Å². The van der Waals surface area contributed by atoms with Crippen molar-refractivity contribution in [3.63, 3.8) is 0 Å². The number of carboxylic acids is 1. The van der Waals surface area contributed by atoms with Crippen LogP contribution in [0.3, 0.4) is 0 Å². The highest BCUT2D eigenvalue weighted by Crippen LogP contribution is 2.33. The van der Waals surface area contributed by atoms with Crippen molar-refractivity contribution in [2.24, 2.45) is 0 Å². The van der Waals surface area contributed by atoms with Gasteiger partial charge in [-0.25, -0.2) is 17.2 Å². The predicted molar refractivity (Wildman–Crippen MR) is 120 cm³/mol. The van der Waals surface area contributed by atoms with Gasteiger partial charge >= 0.3 is 5.97 Å². The fourth-order valence-corrected chi connectivity index (χ4v) is 6.49. The number of carboxylic acid groups (broad SMARTS) is 1. The Kier molecular flexibility index (Phi) is 8.82. The molecule has 0 amide bonds. The number of aliphatic carboxylic acids is 1. The molecule has 0 unspecified atom stereocenters. The molecule has 2 N–H and O–H groups in total. The third kappa shape index (κ3) is 6.94. The maximum atomic E-state index is 13.2. The van der Waals surface area contributed by atoms with Gasteiger partial charge in [-0.15, -0.1) is 0 Å². The summed E-state index contributed by atoms with van der Waals surface area (Å²) in [4.78, 5) is 11.7. The molecule has 1 aliphatic heterocycles. The number of ether oxygens (including phenoxy) is 1. The highest BCUT2D eigenvalue weighted by atomic mass is 32.2. The van der Waals surface area contributed by atoms with E-state index in [1.807, 2.05) is 13.0 Å². The van der Waals surface area contributed by atoms with E-state index in [1.165, 1.54) is 0 Å². The third-order valence-electron chi connectivity index (χ3n) is 6.42. The molecule has 1 saturated carbocycles. The van der Waals surface area contributed by atoms with Crippen molar-refractivity contribution in [2.45, 2.75) is 81.2 Å². The molecule has 0 radical (unpaired) electrons. The van der Waals surface area contributed by atoms with Crippen LogP contribution in [0.5, 0.6) is 0 Å². The van der Waals surface area contributed by atoms with Crippen molar-refractivity contribution in [1.82, 2.24) is 9.62 Å². The van der Waals surface area contributed by atoms with Gasteiger partial charge in [-0.05, 0) is 57.1 Å². The smallest absolute Gasteiger partial charge is 0.322 e. The van der Waals surface area contributed by atoms with Crippen LogP contribution in [0.2, 0.25) is 0 Å². The Labute approximate surface area is 194 Å². The SMILES string of the molecule is Cc1ccc(S(=O)(=O)N2CCC[C@H]2C(=O)O)c(CCCOCCNC2CCC(F)(F)CC2)c1. The summed E-state index contributed by atoms with van der Waals surface area (Å²) in [7, 11) is -3.90. The number of carbonyl (C=O) groups is 1. The van der Waals surface area contributed by atoms with Crippen LogP contribution >= 0.6 is 0 Å². The number of alkyl halides is 2. The second kappa shape index (κ2) is 11.2. The lowest BCUT2D eigenvalue weighted by Crippen LogP contribution is -2.40. The molecule has 33 heavy (non-hydrogen) atoms. The zero-order chi connectivity index (χ0) is 24.1. The van der Waals surface area contributed by atoms with Gasteiger partial charge in [-0.1, -0.05) is 17.7 Å². The highest BCUT2D eigenvalue weighted by molar-refractivity contribution is 7.89. The summed E-state index contributed by atoms with van der Waals surface area (Å²) in [5.41, 5.74) is 1.60. The minimum Gasteiger partial charge on any atom is -0.480 e. The first-order valence-electron chi connectivity index (χ1n) is 11.6. The average molecular weight is 489 g/mol. The maximum Gasteiger partial charge on any atom is 0.322 e. The monoisotopic (exact) mass is 488 g/mol. The Hall–Kier alpha value is -1.62. The number of rotatable bonds is 11. The molecule has 1 atom stereocenters. The molecule has 1 saturated heterocycles. The van der Waals surface area contributed by atoms with Crippen molar-refractivity contribution in [3.8, 4) is 0 Å². The molecule has 1 aromatic carbocycles. The summed E-state index contributed by atoms with van der Waals surface area (Å²) in [5.74, 6) is -3.64. The van der Waals surface area contributed by atoms with Crippen LogP contribution in [-0.4, -0.2) is 68.1 Å². The van der Waals surface area contributed by atoms with Crippen LogP contribution in [0.15, 0.2) is 23.1 Å². The Morgan fingerprint density at radius 1 is 1.24 bits per heavy atom. The first-order chi connectivity index (χ1) is 15.6. The van der Waals surface area contributed by atoms with Crippen molar-refractivity contribution < 1.29 is 31.8 Å². The van der Waals surface area contributed by atoms with Crippen molar-refractivity contribution in [1.29, 1.82) is 0 Å². The van der Waals surface area contributed by atoms with Gasteiger partial charge in [0.1, 0.15) is 6.04 Å². The predicted octanol–water partition coefficient (Wildman–Crippen LogP) is 3.35. The molecule has 0 aromatic heterocycles. The van der Waals surface area contributed by atoms with Crippen LogP contribution in [0.25, 0.3) is 0 Å². The van der Waals surface area contributed by atoms with Gasteiger partial charge in [0.15, 0.2) is 0 Å². The van der Waals surface area contributed by atoms with E-state index in [1.54, 1.807) is 12.1 Å². The van der Waals surface area contributed by atoms with Gasteiger partial charge in [0, 0.05) is 38.6 Å². The van der Waals surface area contributed by atoms with Crippen LogP contribution in [-0.2, 0) is 26.0 Å². The van der Waals surface area contributed by atoms with E-state index in [4.69, 9.17) is 4.74 Å². The van der Waals surface area contributed by atoms with E-state index in [0.717, 1.165) is 9.87 Å². The number of nitrogens with one attached hydrogen (secondary N) is 1. The lowest BCUT2D eigenvalue weighted by Gasteiger charge is -2.28. The third-order valence-corrected chi connectivity index (χ3v) is 8.43. The Bertz CT molecular complexity index is 915. The summed E-state index contributed by atoms with van der Waals surface area (Å²) >= 11 is 0. The lowest BCUT2D eigenvalue weighted by molar-refractivity contribution is -0.140. The zero-order valence-corrected chi connectivity index (χ0v) is 19.9. The molecule has 1 aromatic rings. The minimum absolute atomic E-state index is 0.0715. The minimum atomic E-state index is -3.90.